The second-order valence-corrected chi connectivity index (χ2v) is 7.80. The van der Waals surface area contributed by atoms with Crippen LogP contribution in [0.2, 0.25) is 0 Å². The molecule has 0 radical (unpaired) electrons. The minimum Gasteiger partial charge on any atom is -0.478 e. The molecule has 7 heteroatoms. The molecule has 22 heavy (non-hydrogen) atoms. The molecule has 124 valence electrons. The fourth-order valence-corrected chi connectivity index (χ4v) is 2.94. The summed E-state index contributed by atoms with van der Waals surface area (Å²) in [6.45, 7) is 8.70. The van der Waals surface area contributed by atoms with Gasteiger partial charge in [0.15, 0.2) is 0 Å². The molecule has 1 rings (SSSR count). The highest BCUT2D eigenvalue weighted by Gasteiger charge is 2.19. The molecule has 6 nitrogen and oxygen atoms in total. The van der Waals surface area contributed by atoms with Gasteiger partial charge in [0.05, 0.1) is 10.5 Å². The highest BCUT2D eigenvalue weighted by Crippen LogP contribution is 2.21. The lowest BCUT2D eigenvalue weighted by Crippen LogP contribution is -2.27. The smallest absolute Gasteiger partial charge is 0.337 e. The quantitative estimate of drug-likeness (QED) is 0.681. The zero-order chi connectivity index (χ0) is 16.9. The lowest BCUT2D eigenvalue weighted by Gasteiger charge is -2.14. The molecule has 0 aliphatic heterocycles. The van der Waals surface area contributed by atoms with Crippen molar-refractivity contribution in [3.05, 3.63) is 23.8 Å². The number of hydrogen-bond donors (Lipinski definition) is 3. The topological polar surface area (TPSA) is 95.5 Å². The zero-order valence-corrected chi connectivity index (χ0v) is 14.2. The van der Waals surface area contributed by atoms with Crippen molar-refractivity contribution in [2.75, 3.05) is 18.4 Å². The number of carbonyl (C=O) groups is 1. The SMILES string of the molecule is CC(C)CNc1ccc(S(=O)(=O)NCC(C)C)cc1C(=O)O. The van der Waals surface area contributed by atoms with E-state index in [1.54, 1.807) is 0 Å². The Balaban J connectivity index is 3.09. The molecule has 0 atom stereocenters. The molecule has 0 spiro atoms. The maximum atomic E-state index is 12.2. The lowest BCUT2D eigenvalue weighted by molar-refractivity contribution is 0.0697. The lowest BCUT2D eigenvalue weighted by atomic mass is 10.1. The Morgan fingerprint density at radius 2 is 1.73 bits per heavy atom. The molecule has 0 saturated heterocycles. The number of benzene rings is 1. The molecule has 0 amide bonds. The van der Waals surface area contributed by atoms with E-state index in [0.29, 0.717) is 24.7 Å². The van der Waals surface area contributed by atoms with Crippen LogP contribution in [0.25, 0.3) is 0 Å². The highest BCUT2D eigenvalue weighted by molar-refractivity contribution is 7.89. The summed E-state index contributed by atoms with van der Waals surface area (Å²) in [4.78, 5) is 11.3. The predicted molar refractivity (Wildman–Crippen MR) is 86.8 cm³/mol. The Morgan fingerprint density at radius 3 is 2.23 bits per heavy atom. The van der Waals surface area contributed by atoms with Crippen LogP contribution in [0.3, 0.4) is 0 Å². The second kappa shape index (κ2) is 7.60. The standard InChI is InChI=1S/C15H24N2O4S/c1-10(2)8-16-14-6-5-12(7-13(14)15(18)19)22(20,21)17-9-11(3)4/h5-7,10-11,16-17H,8-9H2,1-4H3,(H,18,19). The first-order chi connectivity index (χ1) is 10.1. The fraction of sp³-hybridized carbons (Fsp3) is 0.533. The van der Waals surface area contributed by atoms with Gasteiger partial charge in [-0.1, -0.05) is 27.7 Å². The third kappa shape index (κ3) is 5.31. The Kier molecular flexibility index (Phi) is 6.37. The summed E-state index contributed by atoms with van der Waals surface area (Å²) in [5, 5.41) is 12.3. The minimum atomic E-state index is -3.70. The molecule has 1 aromatic rings. The minimum absolute atomic E-state index is 0.0411. The van der Waals surface area contributed by atoms with Gasteiger partial charge in [0.1, 0.15) is 0 Å². The van der Waals surface area contributed by atoms with Crippen molar-refractivity contribution in [1.82, 2.24) is 4.72 Å². The van der Waals surface area contributed by atoms with Crippen LogP contribution in [-0.4, -0.2) is 32.6 Å². The third-order valence-electron chi connectivity index (χ3n) is 2.91. The number of carboxylic acid groups (broad SMARTS) is 1. The normalized spacial score (nSPS) is 11.9. The van der Waals surface area contributed by atoms with Crippen molar-refractivity contribution in [1.29, 1.82) is 0 Å². The van der Waals surface area contributed by atoms with Gasteiger partial charge < -0.3 is 10.4 Å². The van der Waals surface area contributed by atoms with Crippen LogP contribution in [-0.2, 0) is 10.0 Å². The van der Waals surface area contributed by atoms with Crippen LogP contribution < -0.4 is 10.0 Å². The molecule has 3 N–H and O–H groups in total. The van der Waals surface area contributed by atoms with Crippen LogP contribution in [0.4, 0.5) is 5.69 Å². The summed E-state index contributed by atoms with van der Waals surface area (Å²) in [5.74, 6) is -0.648. The first-order valence-electron chi connectivity index (χ1n) is 7.24. The monoisotopic (exact) mass is 328 g/mol. The van der Waals surface area contributed by atoms with Crippen molar-refractivity contribution < 1.29 is 18.3 Å². The number of aromatic carboxylic acids is 1. The molecule has 0 saturated carbocycles. The largest absolute Gasteiger partial charge is 0.478 e. The molecular weight excluding hydrogens is 304 g/mol. The van der Waals surface area contributed by atoms with Gasteiger partial charge in [-0.15, -0.1) is 0 Å². The highest BCUT2D eigenvalue weighted by atomic mass is 32.2. The van der Waals surface area contributed by atoms with Crippen LogP contribution >= 0.6 is 0 Å². The first kappa shape index (κ1) is 18.4. The summed E-state index contributed by atoms with van der Waals surface area (Å²) in [6.07, 6.45) is 0. The number of anilines is 1. The van der Waals surface area contributed by atoms with Crippen LogP contribution in [0, 0.1) is 11.8 Å². The number of carboxylic acids is 1. The molecule has 0 unspecified atom stereocenters. The van der Waals surface area contributed by atoms with Gasteiger partial charge in [-0.05, 0) is 30.0 Å². The Labute approximate surface area is 132 Å². The van der Waals surface area contributed by atoms with Crippen molar-refractivity contribution in [2.45, 2.75) is 32.6 Å². The van der Waals surface area contributed by atoms with E-state index in [9.17, 15) is 18.3 Å². The van der Waals surface area contributed by atoms with Crippen molar-refractivity contribution in [2.24, 2.45) is 11.8 Å². The Bertz CT molecular complexity index is 624. The van der Waals surface area contributed by atoms with Gasteiger partial charge in [0.25, 0.3) is 0 Å². The van der Waals surface area contributed by atoms with Crippen LogP contribution in [0.5, 0.6) is 0 Å². The number of nitrogens with one attached hydrogen (secondary N) is 2. The molecule has 1 aromatic carbocycles. The van der Waals surface area contributed by atoms with Crippen LogP contribution in [0.1, 0.15) is 38.1 Å². The molecule has 0 aliphatic rings. The molecule has 0 aliphatic carbocycles. The molecule has 0 fully saturated rings. The van der Waals surface area contributed by atoms with Crippen molar-refractivity contribution >= 4 is 21.7 Å². The number of sulfonamides is 1. The van der Waals surface area contributed by atoms with Gasteiger partial charge in [-0.2, -0.15) is 0 Å². The third-order valence-corrected chi connectivity index (χ3v) is 4.34. The van der Waals surface area contributed by atoms with E-state index in [1.165, 1.54) is 18.2 Å². The van der Waals surface area contributed by atoms with Gasteiger partial charge in [-0.25, -0.2) is 17.9 Å². The first-order valence-corrected chi connectivity index (χ1v) is 8.72. The summed E-state index contributed by atoms with van der Waals surface area (Å²) >= 11 is 0. The van der Waals surface area contributed by atoms with Gasteiger partial charge in [0.2, 0.25) is 10.0 Å². The predicted octanol–water partition coefficient (Wildman–Crippen LogP) is 2.39. The maximum absolute atomic E-state index is 12.2. The summed E-state index contributed by atoms with van der Waals surface area (Å²) in [7, 11) is -3.70. The van der Waals surface area contributed by atoms with Crippen molar-refractivity contribution in [3.8, 4) is 0 Å². The second-order valence-electron chi connectivity index (χ2n) is 6.03. The summed E-state index contributed by atoms with van der Waals surface area (Å²) < 4.78 is 26.8. The average Bonchev–Trinajstić information content (AvgIpc) is 2.42. The molecule has 0 aromatic heterocycles. The molecule has 0 bridgehead atoms. The van der Waals surface area contributed by atoms with E-state index < -0.39 is 16.0 Å². The van der Waals surface area contributed by atoms with E-state index in [0.717, 1.165) is 0 Å². The van der Waals surface area contributed by atoms with Crippen LogP contribution in [0.15, 0.2) is 23.1 Å². The zero-order valence-electron chi connectivity index (χ0n) is 13.4. The van der Waals surface area contributed by atoms with E-state index in [2.05, 4.69) is 10.0 Å². The van der Waals surface area contributed by atoms with E-state index >= 15 is 0 Å². The molecule has 0 heterocycles. The van der Waals surface area contributed by atoms with Gasteiger partial charge in [0, 0.05) is 18.8 Å². The number of hydrogen-bond acceptors (Lipinski definition) is 4. The van der Waals surface area contributed by atoms with E-state index in [4.69, 9.17) is 0 Å². The van der Waals surface area contributed by atoms with Crippen molar-refractivity contribution in [3.63, 3.8) is 0 Å². The van der Waals surface area contributed by atoms with Gasteiger partial charge in [-0.3, -0.25) is 0 Å². The van der Waals surface area contributed by atoms with E-state index in [1.807, 2.05) is 27.7 Å². The Morgan fingerprint density at radius 1 is 1.14 bits per heavy atom. The van der Waals surface area contributed by atoms with E-state index in [-0.39, 0.29) is 16.4 Å². The average molecular weight is 328 g/mol. The summed E-state index contributed by atoms with van der Waals surface area (Å²) in [6, 6.07) is 4.10. The fourth-order valence-electron chi connectivity index (χ4n) is 1.70. The Hall–Kier alpha value is -1.60. The summed E-state index contributed by atoms with van der Waals surface area (Å²) in [5.41, 5.74) is 0.372. The number of rotatable bonds is 8. The molecular formula is C15H24N2O4S. The van der Waals surface area contributed by atoms with Gasteiger partial charge >= 0.3 is 5.97 Å². The maximum Gasteiger partial charge on any atom is 0.337 e.